The molecular formula is C25H32F2. The van der Waals surface area contributed by atoms with Crippen molar-refractivity contribution in [2.24, 2.45) is 17.8 Å². The minimum atomic E-state index is -0.490. The van der Waals surface area contributed by atoms with E-state index >= 15 is 0 Å². The van der Waals surface area contributed by atoms with E-state index in [0.717, 1.165) is 50.0 Å². The Bertz CT molecular complexity index is 683. The molecule has 0 unspecified atom stereocenters. The summed E-state index contributed by atoms with van der Waals surface area (Å²) in [6.07, 6.45) is 14.3. The van der Waals surface area contributed by atoms with Crippen LogP contribution >= 0.6 is 0 Å². The number of hydrogen-bond acceptors (Lipinski definition) is 0. The van der Waals surface area contributed by atoms with Gasteiger partial charge in [0, 0.05) is 5.92 Å². The molecule has 2 aliphatic carbocycles. The number of allylic oxidation sites excluding steroid dienone is 2. The van der Waals surface area contributed by atoms with Crippen molar-refractivity contribution in [3.05, 3.63) is 47.0 Å². The zero-order valence-corrected chi connectivity index (χ0v) is 16.7. The van der Waals surface area contributed by atoms with E-state index in [1.54, 1.807) is 0 Å². The lowest BCUT2D eigenvalue weighted by molar-refractivity contribution is 0.309. The van der Waals surface area contributed by atoms with Crippen LogP contribution in [0.15, 0.2) is 24.3 Å². The van der Waals surface area contributed by atoms with Crippen LogP contribution in [0, 0.1) is 41.2 Å². The van der Waals surface area contributed by atoms with Gasteiger partial charge in [0.2, 0.25) is 0 Å². The fourth-order valence-electron chi connectivity index (χ4n) is 4.75. The van der Waals surface area contributed by atoms with Crippen molar-refractivity contribution >= 4 is 0 Å². The Morgan fingerprint density at radius 3 is 2.15 bits per heavy atom. The van der Waals surface area contributed by atoms with E-state index in [9.17, 15) is 8.78 Å². The average Bonchev–Trinajstić information content (AvgIpc) is 2.68. The van der Waals surface area contributed by atoms with Crippen molar-refractivity contribution in [1.29, 1.82) is 0 Å². The Kier molecular flexibility index (Phi) is 7.11. The number of hydrogen-bond donors (Lipinski definition) is 0. The number of benzene rings is 1. The fourth-order valence-corrected chi connectivity index (χ4v) is 4.75. The second kappa shape index (κ2) is 9.54. The van der Waals surface area contributed by atoms with Crippen molar-refractivity contribution in [3.63, 3.8) is 0 Å². The fraction of sp³-hybridized carbons (Fsp3) is 0.600. The first-order valence-electron chi connectivity index (χ1n) is 10.7. The average molecular weight is 371 g/mol. The summed E-state index contributed by atoms with van der Waals surface area (Å²) < 4.78 is 29.2. The van der Waals surface area contributed by atoms with Crippen LogP contribution in [0.2, 0.25) is 0 Å². The summed E-state index contributed by atoms with van der Waals surface area (Å²) >= 11 is 0. The van der Waals surface area contributed by atoms with Gasteiger partial charge in [0.05, 0.1) is 5.56 Å². The molecule has 0 aliphatic heterocycles. The summed E-state index contributed by atoms with van der Waals surface area (Å²) in [7, 11) is 0. The summed E-state index contributed by atoms with van der Waals surface area (Å²) in [5.74, 6) is 6.97. The Balaban J connectivity index is 1.67. The lowest BCUT2D eigenvalue weighted by Crippen LogP contribution is -2.13. The molecule has 2 heteroatoms. The molecule has 27 heavy (non-hydrogen) atoms. The lowest BCUT2D eigenvalue weighted by Gasteiger charge is -2.27. The molecule has 2 aliphatic rings. The van der Waals surface area contributed by atoms with Gasteiger partial charge in [-0.15, -0.1) is 0 Å². The number of rotatable bonds is 3. The Morgan fingerprint density at radius 1 is 0.963 bits per heavy atom. The van der Waals surface area contributed by atoms with E-state index in [-0.39, 0.29) is 17.4 Å². The van der Waals surface area contributed by atoms with E-state index in [1.807, 2.05) is 6.92 Å². The van der Waals surface area contributed by atoms with E-state index in [4.69, 9.17) is 0 Å². The normalized spacial score (nSPS) is 28.7. The molecule has 2 fully saturated rings. The topological polar surface area (TPSA) is 0 Å². The molecule has 0 aromatic heterocycles. The highest BCUT2D eigenvalue weighted by Gasteiger charge is 2.23. The van der Waals surface area contributed by atoms with Gasteiger partial charge in [-0.1, -0.05) is 37.3 Å². The van der Waals surface area contributed by atoms with Gasteiger partial charge in [-0.25, -0.2) is 8.78 Å². The summed E-state index contributed by atoms with van der Waals surface area (Å²) in [4.78, 5) is 0. The molecule has 0 nitrogen and oxygen atoms in total. The quantitative estimate of drug-likeness (QED) is 0.384. The predicted octanol–water partition coefficient (Wildman–Crippen LogP) is 7.38. The van der Waals surface area contributed by atoms with Gasteiger partial charge in [-0.05, 0) is 93.7 Å². The van der Waals surface area contributed by atoms with Gasteiger partial charge < -0.3 is 0 Å². The standard InChI is InChI=1S/C25H32F2/c1-3-5-19-10-13-21(14-11-19)22-16-24(26)23(25(27)17-22)15-12-20-8-6-18(4-2)7-9-20/h3,5,16-21H,4,6-11,13-14H2,1-2H3. The van der Waals surface area contributed by atoms with Crippen molar-refractivity contribution in [2.75, 3.05) is 0 Å². The second-order valence-electron chi connectivity index (χ2n) is 8.39. The predicted molar refractivity (Wildman–Crippen MR) is 108 cm³/mol. The van der Waals surface area contributed by atoms with Crippen LogP contribution in [-0.4, -0.2) is 0 Å². The maximum Gasteiger partial charge on any atom is 0.142 e. The highest BCUT2D eigenvalue weighted by Crippen LogP contribution is 2.37. The third-order valence-corrected chi connectivity index (χ3v) is 6.60. The van der Waals surface area contributed by atoms with Crippen LogP contribution in [0.25, 0.3) is 0 Å². The van der Waals surface area contributed by atoms with Gasteiger partial charge in [-0.3, -0.25) is 0 Å². The third kappa shape index (κ3) is 5.22. The van der Waals surface area contributed by atoms with Crippen LogP contribution in [0.3, 0.4) is 0 Å². The van der Waals surface area contributed by atoms with E-state index in [1.165, 1.54) is 31.4 Å². The summed E-state index contributed by atoms with van der Waals surface area (Å²) in [6, 6.07) is 3.06. The van der Waals surface area contributed by atoms with E-state index in [0.29, 0.717) is 5.92 Å². The zero-order valence-electron chi connectivity index (χ0n) is 16.7. The molecule has 0 atom stereocenters. The zero-order chi connectivity index (χ0) is 19.2. The molecule has 0 amide bonds. The molecule has 0 heterocycles. The van der Waals surface area contributed by atoms with Crippen LogP contribution in [-0.2, 0) is 0 Å². The molecule has 1 aromatic rings. The van der Waals surface area contributed by atoms with Crippen molar-refractivity contribution in [2.45, 2.75) is 77.6 Å². The minimum Gasteiger partial charge on any atom is -0.206 e. The molecule has 0 radical (unpaired) electrons. The highest BCUT2D eigenvalue weighted by molar-refractivity contribution is 5.40. The minimum absolute atomic E-state index is 0.0426. The Labute approximate surface area is 163 Å². The van der Waals surface area contributed by atoms with Gasteiger partial charge in [-0.2, -0.15) is 0 Å². The van der Waals surface area contributed by atoms with Gasteiger partial charge in [0.1, 0.15) is 11.6 Å². The monoisotopic (exact) mass is 370 g/mol. The van der Waals surface area contributed by atoms with E-state index < -0.39 is 11.6 Å². The van der Waals surface area contributed by atoms with Crippen molar-refractivity contribution in [1.82, 2.24) is 0 Å². The summed E-state index contributed by atoms with van der Waals surface area (Å²) in [5, 5.41) is 0. The van der Waals surface area contributed by atoms with Crippen LogP contribution < -0.4 is 0 Å². The first-order valence-corrected chi connectivity index (χ1v) is 10.7. The van der Waals surface area contributed by atoms with Crippen LogP contribution in [0.5, 0.6) is 0 Å². The maximum absolute atomic E-state index is 14.6. The largest absolute Gasteiger partial charge is 0.206 e. The van der Waals surface area contributed by atoms with Crippen LogP contribution in [0.4, 0.5) is 8.78 Å². The third-order valence-electron chi connectivity index (χ3n) is 6.60. The van der Waals surface area contributed by atoms with Crippen molar-refractivity contribution in [3.8, 4) is 11.8 Å². The molecule has 0 saturated heterocycles. The number of halogens is 2. The Morgan fingerprint density at radius 2 is 1.59 bits per heavy atom. The summed E-state index contributed by atoms with van der Waals surface area (Å²) in [5.41, 5.74) is 0.761. The highest BCUT2D eigenvalue weighted by atomic mass is 19.1. The first-order chi connectivity index (χ1) is 13.1. The molecule has 0 bridgehead atoms. The molecule has 2 saturated carbocycles. The van der Waals surface area contributed by atoms with Gasteiger partial charge in [0.15, 0.2) is 0 Å². The smallest absolute Gasteiger partial charge is 0.142 e. The molecular weight excluding hydrogens is 338 g/mol. The van der Waals surface area contributed by atoms with Crippen LogP contribution in [0.1, 0.15) is 88.7 Å². The van der Waals surface area contributed by atoms with Crippen molar-refractivity contribution < 1.29 is 8.78 Å². The first kappa shape index (κ1) is 20.1. The second-order valence-corrected chi connectivity index (χ2v) is 8.39. The lowest BCUT2D eigenvalue weighted by atomic mass is 9.78. The van der Waals surface area contributed by atoms with Gasteiger partial charge >= 0.3 is 0 Å². The molecule has 0 N–H and O–H groups in total. The molecule has 146 valence electrons. The molecule has 0 spiro atoms. The maximum atomic E-state index is 14.6. The SMILES string of the molecule is CC=CC1CCC(c2cc(F)c(C#CC3CCC(CC)CC3)c(F)c2)CC1. The Hall–Kier alpha value is -1.62. The molecule has 1 aromatic carbocycles. The van der Waals surface area contributed by atoms with Gasteiger partial charge in [0.25, 0.3) is 0 Å². The van der Waals surface area contributed by atoms with E-state index in [2.05, 4.69) is 30.9 Å². The molecule has 3 rings (SSSR count). The summed E-state index contributed by atoms with van der Waals surface area (Å²) in [6.45, 7) is 4.28.